The first kappa shape index (κ1) is 16.8. The van der Waals surface area contributed by atoms with Gasteiger partial charge in [-0.05, 0) is 29.3 Å². The molecule has 120 valence electrons. The molecule has 0 heterocycles. The third-order valence-corrected chi connectivity index (χ3v) is 3.74. The van der Waals surface area contributed by atoms with Crippen LogP contribution in [0.25, 0.3) is 0 Å². The van der Waals surface area contributed by atoms with Crippen molar-refractivity contribution in [3.05, 3.63) is 70.2 Å². The number of nitrogens with two attached hydrogens (primary N) is 1. The van der Waals surface area contributed by atoms with E-state index >= 15 is 0 Å². The first-order valence-corrected chi connectivity index (χ1v) is 7.46. The van der Waals surface area contributed by atoms with Crippen LogP contribution in [-0.4, -0.2) is 23.9 Å². The predicted octanol–water partition coefficient (Wildman–Crippen LogP) is 2.78. The monoisotopic (exact) mass is 331 g/mol. The highest BCUT2D eigenvalue weighted by molar-refractivity contribution is 6.31. The highest BCUT2D eigenvalue weighted by atomic mass is 35.5. The van der Waals surface area contributed by atoms with Crippen LogP contribution in [0, 0.1) is 0 Å². The molecule has 5 nitrogen and oxygen atoms in total. The summed E-state index contributed by atoms with van der Waals surface area (Å²) >= 11 is 6.09. The van der Waals surface area contributed by atoms with Gasteiger partial charge in [0.2, 0.25) is 5.91 Å². The fourth-order valence-corrected chi connectivity index (χ4v) is 2.30. The lowest BCUT2D eigenvalue weighted by Crippen LogP contribution is -2.36. The third-order valence-electron chi connectivity index (χ3n) is 3.37. The largest absolute Gasteiger partial charge is 0.366 e. The maximum Gasteiger partial charge on any atom is 0.317 e. The van der Waals surface area contributed by atoms with Gasteiger partial charge in [0.25, 0.3) is 0 Å². The lowest BCUT2D eigenvalue weighted by atomic mass is 10.1. The lowest BCUT2D eigenvalue weighted by Gasteiger charge is -2.19. The number of rotatable bonds is 5. The van der Waals surface area contributed by atoms with Gasteiger partial charge in [-0.1, -0.05) is 41.9 Å². The smallest absolute Gasteiger partial charge is 0.317 e. The number of hydrogen-bond acceptors (Lipinski definition) is 2. The van der Waals surface area contributed by atoms with Crippen LogP contribution in [0.1, 0.15) is 21.5 Å². The normalized spacial score (nSPS) is 10.2. The summed E-state index contributed by atoms with van der Waals surface area (Å²) in [5.74, 6) is -0.492. The van der Waals surface area contributed by atoms with E-state index in [4.69, 9.17) is 17.3 Å². The number of amides is 3. The second-order valence-corrected chi connectivity index (χ2v) is 5.58. The second kappa shape index (κ2) is 7.65. The van der Waals surface area contributed by atoms with E-state index < -0.39 is 5.91 Å². The van der Waals surface area contributed by atoms with Gasteiger partial charge in [-0.2, -0.15) is 0 Å². The van der Waals surface area contributed by atoms with Crippen LogP contribution >= 0.6 is 11.6 Å². The Morgan fingerprint density at radius 3 is 2.61 bits per heavy atom. The summed E-state index contributed by atoms with van der Waals surface area (Å²) in [5.41, 5.74) is 7.34. The Kier molecular flexibility index (Phi) is 5.60. The number of hydrogen-bond donors (Lipinski definition) is 2. The molecule has 0 aromatic heterocycles. The quantitative estimate of drug-likeness (QED) is 0.884. The highest BCUT2D eigenvalue weighted by Gasteiger charge is 2.10. The zero-order valence-corrected chi connectivity index (χ0v) is 13.5. The van der Waals surface area contributed by atoms with Crippen LogP contribution < -0.4 is 11.1 Å². The topological polar surface area (TPSA) is 75.4 Å². The number of primary amides is 1. The van der Waals surface area contributed by atoms with Crippen molar-refractivity contribution in [1.29, 1.82) is 0 Å². The number of carbonyl (C=O) groups excluding carboxylic acids is 2. The van der Waals surface area contributed by atoms with Gasteiger partial charge in [-0.3, -0.25) is 4.79 Å². The molecule has 3 amide bonds. The summed E-state index contributed by atoms with van der Waals surface area (Å²) < 4.78 is 0. The molecule has 0 saturated heterocycles. The Morgan fingerprint density at radius 2 is 1.91 bits per heavy atom. The van der Waals surface area contributed by atoms with Gasteiger partial charge in [-0.15, -0.1) is 0 Å². The van der Waals surface area contributed by atoms with Crippen molar-refractivity contribution in [2.75, 3.05) is 7.05 Å². The zero-order valence-electron chi connectivity index (χ0n) is 12.8. The Hall–Kier alpha value is -2.53. The molecule has 0 spiro atoms. The van der Waals surface area contributed by atoms with Crippen LogP contribution in [0.5, 0.6) is 0 Å². The average Bonchev–Trinajstić information content (AvgIpc) is 2.55. The fourth-order valence-electron chi connectivity index (χ4n) is 2.10. The van der Waals surface area contributed by atoms with E-state index in [0.717, 1.165) is 11.1 Å². The lowest BCUT2D eigenvalue weighted by molar-refractivity contribution is 0.1000. The summed E-state index contributed by atoms with van der Waals surface area (Å²) in [6, 6.07) is 14.0. The Labute approximate surface area is 140 Å². The molecule has 0 aliphatic rings. The molecule has 0 atom stereocenters. The molecule has 6 heteroatoms. The number of nitrogens with zero attached hydrogens (tertiary/aromatic N) is 1. The summed E-state index contributed by atoms with van der Waals surface area (Å²) in [5, 5.41) is 3.42. The van der Waals surface area contributed by atoms with E-state index in [1.165, 1.54) is 0 Å². The standard InChI is InChI=1S/C17H18ClN3O2/c1-21(11-14-6-2-3-8-15(14)18)17(23)20-10-12-5-4-7-13(9-12)16(19)22/h2-9H,10-11H2,1H3,(H2,19,22)(H,20,23). The Morgan fingerprint density at radius 1 is 1.17 bits per heavy atom. The van der Waals surface area contributed by atoms with Crippen LogP contribution in [-0.2, 0) is 13.1 Å². The molecule has 0 radical (unpaired) electrons. The first-order chi connectivity index (χ1) is 11.0. The number of urea groups is 1. The second-order valence-electron chi connectivity index (χ2n) is 5.17. The third kappa shape index (κ3) is 4.72. The summed E-state index contributed by atoms with van der Waals surface area (Å²) in [4.78, 5) is 24.8. The molecule has 0 aliphatic heterocycles. The SMILES string of the molecule is CN(Cc1ccccc1Cl)C(=O)NCc1cccc(C(N)=O)c1. The van der Waals surface area contributed by atoms with Crippen molar-refractivity contribution in [3.8, 4) is 0 Å². The fraction of sp³-hybridized carbons (Fsp3) is 0.176. The minimum absolute atomic E-state index is 0.227. The summed E-state index contributed by atoms with van der Waals surface area (Å²) in [6.07, 6.45) is 0. The van der Waals surface area contributed by atoms with Gasteiger partial charge in [0.15, 0.2) is 0 Å². The molecule has 2 rings (SSSR count). The van der Waals surface area contributed by atoms with Gasteiger partial charge < -0.3 is 16.0 Å². The number of halogens is 1. The van der Waals surface area contributed by atoms with E-state index in [9.17, 15) is 9.59 Å². The molecule has 0 bridgehead atoms. The number of benzene rings is 2. The van der Waals surface area contributed by atoms with Crippen molar-refractivity contribution in [2.45, 2.75) is 13.1 Å². The molecule has 0 fully saturated rings. The Bertz CT molecular complexity index is 718. The van der Waals surface area contributed by atoms with Crippen LogP contribution in [0.15, 0.2) is 48.5 Å². The molecular formula is C17H18ClN3O2. The molecule has 0 saturated carbocycles. The molecule has 0 unspecified atom stereocenters. The van der Waals surface area contributed by atoms with Crippen molar-refractivity contribution >= 4 is 23.5 Å². The molecule has 0 aliphatic carbocycles. The summed E-state index contributed by atoms with van der Waals surface area (Å²) in [6.45, 7) is 0.722. The van der Waals surface area contributed by atoms with Gasteiger partial charge in [0, 0.05) is 30.7 Å². The summed E-state index contributed by atoms with van der Waals surface area (Å²) in [7, 11) is 1.69. The van der Waals surface area contributed by atoms with Gasteiger partial charge in [-0.25, -0.2) is 4.79 Å². The molecular weight excluding hydrogens is 314 g/mol. The van der Waals surface area contributed by atoms with Crippen LogP contribution in [0.2, 0.25) is 5.02 Å². The Balaban J connectivity index is 1.93. The minimum atomic E-state index is -0.492. The molecule has 3 N–H and O–H groups in total. The number of carbonyl (C=O) groups is 2. The maximum atomic E-state index is 12.1. The average molecular weight is 332 g/mol. The molecule has 2 aromatic rings. The predicted molar refractivity (Wildman–Crippen MR) is 90.1 cm³/mol. The minimum Gasteiger partial charge on any atom is -0.366 e. The van der Waals surface area contributed by atoms with Crippen molar-refractivity contribution in [1.82, 2.24) is 10.2 Å². The van der Waals surface area contributed by atoms with Crippen LogP contribution in [0.3, 0.4) is 0 Å². The highest BCUT2D eigenvalue weighted by Crippen LogP contribution is 2.16. The zero-order chi connectivity index (χ0) is 16.8. The van der Waals surface area contributed by atoms with Crippen molar-refractivity contribution in [2.24, 2.45) is 5.73 Å². The van der Waals surface area contributed by atoms with E-state index in [0.29, 0.717) is 23.7 Å². The van der Waals surface area contributed by atoms with E-state index in [2.05, 4.69) is 5.32 Å². The van der Waals surface area contributed by atoms with E-state index in [1.807, 2.05) is 24.3 Å². The maximum absolute atomic E-state index is 12.1. The van der Waals surface area contributed by atoms with Crippen molar-refractivity contribution in [3.63, 3.8) is 0 Å². The molecule has 2 aromatic carbocycles. The number of nitrogens with one attached hydrogen (secondary N) is 1. The van der Waals surface area contributed by atoms with Gasteiger partial charge in [0.05, 0.1) is 0 Å². The van der Waals surface area contributed by atoms with Gasteiger partial charge >= 0.3 is 6.03 Å². The van der Waals surface area contributed by atoms with Crippen LogP contribution in [0.4, 0.5) is 4.79 Å². The van der Waals surface area contributed by atoms with E-state index in [1.54, 1.807) is 36.2 Å². The van der Waals surface area contributed by atoms with Gasteiger partial charge in [0.1, 0.15) is 0 Å². The first-order valence-electron chi connectivity index (χ1n) is 7.08. The van der Waals surface area contributed by atoms with E-state index in [-0.39, 0.29) is 6.03 Å². The molecule has 23 heavy (non-hydrogen) atoms. The van der Waals surface area contributed by atoms with Crippen molar-refractivity contribution < 1.29 is 9.59 Å².